The quantitative estimate of drug-likeness (QED) is 0.850. The Morgan fingerprint density at radius 1 is 1.47 bits per heavy atom. The van der Waals surface area contributed by atoms with Crippen molar-refractivity contribution in [2.24, 2.45) is 0 Å². The number of benzene rings is 1. The molecule has 1 heterocycles. The van der Waals surface area contributed by atoms with Crippen LogP contribution in [0, 0.1) is 0 Å². The average Bonchev–Trinajstić information content (AvgIpc) is 2.84. The third-order valence-electron chi connectivity index (χ3n) is 2.76. The number of nitrogen functional groups attached to an aromatic ring is 1. The molecular formula is C14H15ClN2OS. The zero-order chi connectivity index (χ0) is 13.8. The summed E-state index contributed by atoms with van der Waals surface area (Å²) in [6, 6.07) is 6.99. The van der Waals surface area contributed by atoms with Gasteiger partial charge < -0.3 is 11.1 Å². The fourth-order valence-corrected chi connectivity index (χ4v) is 2.69. The molecule has 1 atom stereocenters. The summed E-state index contributed by atoms with van der Waals surface area (Å²) >= 11 is 7.53. The number of hydrogen-bond acceptors (Lipinski definition) is 3. The Labute approximate surface area is 121 Å². The standard InChI is InChI=1S/C14H15ClN2OS/c1-9(6-10-4-5-19-8-10)17-14(18)12-7-11(15)2-3-13(12)16/h2-5,7-9H,6,16H2,1H3,(H,17,18). The molecule has 1 amide bonds. The van der Waals surface area contributed by atoms with E-state index in [4.69, 9.17) is 17.3 Å². The molecule has 0 aliphatic rings. The first-order valence-electron chi connectivity index (χ1n) is 5.93. The number of rotatable bonds is 4. The second-order valence-corrected chi connectivity index (χ2v) is 5.66. The molecule has 1 unspecified atom stereocenters. The number of anilines is 1. The number of amides is 1. The number of carbonyl (C=O) groups excluding carboxylic acids is 1. The normalized spacial score (nSPS) is 12.1. The van der Waals surface area contributed by atoms with E-state index in [1.807, 2.05) is 12.3 Å². The van der Waals surface area contributed by atoms with Gasteiger partial charge in [0.1, 0.15) is 0 Å². The van der Waals surface area contributed by atoms with E-state index in [9.17, 15) is 4.79 Å². The third kappa shape index (κ3) is 3.72. The van der Waals surface area contributed by atoms with E-state index in [-0.39, 0.29) is 11.9 Å². The van der Waals surface area contributed by atoms with Crippen LogP contribution in [0.15, 0.2) is 35.0 Å². The summed E-state index contributed by atoms with van der Waals surface area (Å²) in [5, 5.41) is 7.54. The summed E-state index contributed by atoms with van der Waals surface area (Å²) in [6.07, 6.45) is 0.801. The summed E-state index contributed by atoms with van der Waals surface area (Å²) in [5.74, 6) is -0.192. The van der Waals surface area contributed by atoms with Crippen LogP contribution in [0.2, 0.25) is 5.02 Å². The van der Waals surface area contributed by atoms with Crippen LogP contribution in [0.5, 0.6) is 0 Å². The molecule has 1 aromatic heterocycles. The third-order valence-corrected chi connectivity index (χ3v) is 3.73. The van der Waals surface area contributed by atoms with Crippen LogP contribution in [-0.4, -0.2) is 11.9 Å². The molecule has 100 valence electrons. The van der Waals surface area contributed by atoms with Crippen molar-refractivity contribution in [1.29, 1.82) is 0 Å². The van der Waals surface area contributed by atoms with Gasteiger partial charge >= 0.3 is 0 Å². The van der Waals surface area contributed by atoms with Crippen molar-refractivity contribution in [2.45, 2.75) is 19.4 Å². The van der Waals surface area contributed by atoms with Crippen molar-refractivity contribution >= 4 is 34.5 Å². The molecule has 5 heteroatoms. The van der Waals surface area contributed by atoms with Gasteiger partial charge in [-0.2, -0.15) is 11.3 Å². The molecule has 0 fully saturated rings. The minimum absolute atomic E-state index is 0.0421. The Hall–Kier alpha value is -1.52. The lowest BCUT2D eigenvalue weighted by molar-refractivity contribution is 0.0941. The van der Waals surface area contributed by atoms with E-state index >= 15 is 0 Å². The first-order valence-corrected chi connectivity index (χ1v) is 7.25. The summed E-state index contributed by atoms with van der Waals surface area (Å²) < 4.78 is 0. The Morgan fingerprint density at radius 2 is 2.26 bits per heavy atom. The lowest BCUT2D eigenvalue weighted by Crippen LogP contribution is -2.34. The van der Waals surface area contributed by atoms with Gasteiger partial charge in [0, 0.05) is 16.8 Å². The molecule has 3 nitrogen and oxygen atoms in total. The van der Waals surface area contributed by atoms with Crippen molar-refractivity contribution in [1.82, 2.24) is 5.32 Å². The molecule has 0 radical (unpaired) electrons. The van der Waals surface area contributed by atoms with Gasteiger partial charge in [-0.15, -0.1) is 0 Å². The Balaban J connectivity index is 2.02. The van der Waals surface area contributed by atoms with Crippen molar-refractivity contribution < 1.29 is 4.79 Å². The van der Waals surface area contributed by atoms with Gasteiger partial charge in [-0.1, -0.05) is 11.6 Å². The highest BCUT2D eigenvalue weighted by Gasteiger charge is 2.13. The van der Waals surface area contributed by atoms with Gasteiger partial charge in [-0.05, 0) is 53.9 Å². The number of carbonyl (C=O) groups is 1. The molecule has 3 N–H and O–H groups in total. The number of nitrogens with one attached hydrogen (secondary N) is 1. The Morgan fingerprint density at radius 3 is 2.95 bits per heavy atom. The van der Waals surface area contributed by atoms with Crippen molar-refractivity contribution in [3.63, 3.8) is 0 Å². The number of halogens is 1. The maximum absolute atomic E-state index is 12.1. The molecule has 0 saturated carbocycles. The zero-order valence-electron chi connectivity index (χ0n) is 10.5. The topological polar surface area (TPSA) is 55.1 Å². The monoisotopic (exact) mass is 294 g/mol. The van der Waals surface area contributed by atoms with Crippen LogP contribution < -0.4 is 11.1 Å². The molecule has 0 aliphatic heterocycles. The molecule has 0 saturated heterocycles. The lowest BCUT2D eigenvalue weighted by atomic mass is 10.1. The zero-order valence-corrected chi connectivity index (χ0v) is 12.1. The van der Waals surface area contributed by atoms with E-state index in [0.29, 0.717) is 16.3 Å². The van der Waals surface area contributed by atoms with Crippen LogP contribution in [-0.2, 0) is 6.42 Å². The first kappa shape index (κ1) is 13.9. The van der Waals surface area contributed by atoms with Crippen LogP contribution in [0.25, 0.3) is 0 Å². The second-order valence-electron chi connectivity index (χ2n) is 4.44. The fraction of sp³-hybridized carbons (Fsp3) is 0.214. The van der Waals surface area contributed by atoms with Gasteiger partial charge in [0.05, 0.1) is 5.56 Å². The Bertz CT molecular complexity index is 569. The van der Waals surface area contributed by atoms with Crippen LogP contribution in [0.3, 0.4) is 0 Å². The van der Waals surface area contributed by atoms with Crippen LogP contribution in [0.1, 0.15) is 22.8 Å². The summed E-state index contributed by atoms with van der Waals surface area (Å²) in [7, 11) is 0. The van der Waals surface area contributed by atoms with Gasteiger partial charge in [0.2, 0.25) is 0 Å². The SMILES string of the molecule is CC(Cc1ccsc1)NC(=O)c1cc(Cl)ccc1N. The summed E-state index contributed by atoms with van der Waals surface area (Å²) in [4.78, 5) is 12.1. The second kappa shape index (κ2) is 6.08. The minimum atomic E-state index is -0.192. The van der Waals surface area contributed by atoms with Gasteiger partial charge in [-0.25, -0.2) is 0 Å². The minimum Gasteiger partial charge on any atom is -0.398 e. The molecule has 2 rings (SSSR count). The number of thiophene rings is 1. The number of hydrogen-bond donors (Lipinski definition) is 2. The molecular weight excluding hydrogens is 280 g/mol. The highest BCUT2D eigenvalue weighted by molar-refractivity contribution is 7.07. The van der Waals surface area contributed by atoms with Gasteiger partial charge in [0.25, 0.3) is 5.91 Å². The van der Waals surface area contributed by atoms with E-state index in [1.54, 1.807) is 29.5 Å². The number of nitrogens with two attached hydrogens (primary N) is 1. The molecule has 1 aromatic carbocycles. The lowest BCUT2D eigenvalue weighted by Gasteiger charge is -2.14. The molecule has 0 aliphatic carbocycles. The van der Waals surface area contributed by atoms with Crippen LogP contribution >= 0.6 is 22.9 Å². The fourth-order valence-electron chi connectivity index (χ4n) is 1.84. The van der Waals surface area contributed by atoms with E-state index in [2.05, 4.69) is 16.8 Å². The maximum Gasteiger partial charge on any atom is 0.253 e. The van der Waals surface area contributed by atoms with Crippen LogP contribution in [0.4, 0.5) is 5.69 Å². The van der Waals surface area contributed by atoms with Gasteiger partial charge in [0.15, 0.2) is 0 Å². The molecule has 0 spiro atoms. The van der Waals surface area contributed by atoms with Crippen molar-refractivity contribution in [2.75, 3.05) is 5.73 Å². The summed E-state index contributed by atoms with van der Waals surface area (Å²) in [6.45, 7) is 1.97. The van der Waals surface area contributed by atoms with E-state index in [0.717, 1.165) is 6.42 Å². The van der Waals surface area contributed by atoms with E-state index in [1.165, 1.54) is 5.56 Å². The Kier molecular flexibility index (Phi) is 4.45. The highest BCUT2D eigenvalue weighted by Crippen LogP contribution is 2.18. The van der Waals surface area contributed by atoms with Crippen molar-refractivity contribution in [3.05, 3.63) is 51.2 Å². The first-order chi connectivity index (χ1) is 9.06. The summed E-state index contributed by atoms with van der Waals surface area (Å²) in [5.41, 5.74) is 7.86. The molecule has 0 bridgehead atoms. The largest absolute Gasteiger partial charge is 0.398 e. The predicted octanol–water partition coefficient (Wildman–Crippen LogP) is 3.34. The van der Waals surface area contributed by atoms with E-state index < -0.39 is 0 Å². The molecule has 2 aromatic rings. The van der Waals surface area contributed by atoms with Gasteiger partial charge in [-0.3, -0.25) is 4.79 Å². The predicted molar refractivity (Wildman–Crippen MR) is 80.8 cm³/mol. The highest BCUT2D eigenvalue weighted by atomic mass is 35.5. The average molecular weight is 295 g/mol. The van der Waals surface area contributed by atoms with Crippen molar-refractivity contribution in [3.8, 4) is 0 Å². The molecule has 19 heavy (non-hydrogen) atoms. The smallest absolute Gasteiger partial charge is 0.253 e. The maximum atomic E-state index is 12.1.